The van der Waals surface area contributed by atoms with Crippen molar-refractivity contribution in [1.82, 2.24) is 9.71 Å². The van der Waals surface area contributed by atoms with Gasteiger partial charge >= 0.3 is 0 Å². The van der Waals surface area contributed by atoms with Crippen LogP contribution in [0.1, 0.15) is 13.8 Å². The van der Waals surface area contributed by atoms with Gasteiger partial charge in [0, 0.05) is 19.9 Å². The zero-order valence-electron chi connectivity index (χ0n) is 9.90. The van der Waals surface area contributed by atoms with Gasteiger partial charge < -0.3 is 4.74 Å². The number of rotatable bonds is 5. The Hall–Kier alpha value is -0.690. The Morgan fingerprint density at radius 1 is 1.53 bits per heavy atom. The molecule has 0 saturated carbocycles. The molecule has 0 aliphatic heterocycles. The second-order valence-corrected chi connectivity index (χ2v) is 6.17. The summed E-state index contributed by atoms with van der Waals surface area (Å²) < 4.78 is 31.4. The summed E-state index contributed by atoms with van der Waals surface area (Å²) in [5.41, 5.74) is -0.582. The Balaban J connectivity index is 2.88. The Kier molecular flexibility index (Phi) is 4.48. The summed E-state index contributed by atoms with van der Waals surface area (Å²) in [5.74, 6) is 0. The molecule has 5 nitrogen and oxygen atoms in total. The second kappa shape index (κ2) is 5.30. The highest BCUT2D eigenvalue weighted by molar-refractivity contribution is 7.89. The van der Waals surface area contributed by atoms with Crippen molar-refractivity contribution in [3.8, 4) is 0 Å². The van der Waals surface area contributed by atoms with Gasteiger partial charge in [-0.15, -0.1) is 0 Å². The highest BCUT2D eigenvalue weighted by Gasteiger charge is 2.23. The summed E-state index contributed by atoms with van der Waals surface area (Å²) in [6.07, 6.45) is 1.43. The molecule has 1 aromatic heterocycles. The van der Waals surface area contributed by atoms with Crippen LogP contribution in [0.15, 0.2) is 23.2 Å². The van der Waals surface area contributed by atoms with Gasteiger partial charge in [-0.05, 0) is 26.0 Å². The lowest BCUT2D eigenvalue weighted by Gasteiger charge is -2.23. The quantitative estimate of drug-likeness (QED) is 0.828. The van der Waals surface area contributed by atoms with Crippen molar-refractivity contribution < 1.29 is 13.2 Å². The minimum Gasteiger partial charge on any atom is -0.377 e. The largest absolute Gasteiger partial charge is 0.377 e. The van der Waals surface area contributed by atoms with Crippen molar-refractivity contribution in [3.05, 3.63) is 23.5 Å². The summed E-state index contributed by atoms with van der Waals surface area (Å²) >= 11 is 5.73. The first-order valence-corrected chi connectivity index (χ1v) is 6.80. The molecule has 0 aliphatic carbocycles. The maximum Gasteiger partial charge on any atom is 0.243 e. The van der Waals surface area contributed by atoms with E-state index in [1.165, 1.54) is 25.4 Å². The molecule has 0 fully saturated rings. The number of pyridine rings is 1. The van der Waals surface area contributed by atoms with E-state index in [0.29, 0.717) is 0 Å². The van der Waals surface area contributed by atoms with E-state index in [9.17, 15) is 8.42 Å². The molecule has 0 unspecified atom stereocenters. The third kappa shape index (κ3) is 3.92. The Labute approximate surface area is 106 Å². The molecule has 0 aromatic carbocycles. The van der Waals surface area contributed by atoms with Crippen LogP contribution in [-0.2, 0) is 14.8 Å². The van der Waals surface area contributed by atoms with Crippen molar-refractivity contribution in [3.63, 3.8) is 0 Å². The summed E-state index contributed by atoms with van der Waals surface area (Å²) in [6.45, 7) is 3.71. The van der Waals surface area contributed by atoms with Crippen molar-refractivity contribution in [2.24, 2.45) is 0 Å². The van der Waals surface area contributed by atoms with Crippen molar-refractivity contribution in [1.29, 1.82) is 0 Å². The van der Waals surface area contributed by atoms with Crippen LogP contribution in [0.2, 0.25) is 5.15 Å². The van der Waals surface area contributed by atoms with E-state index in [1.54, 1.807) is 13.8 Å². The summed E-state index contributed by atoms with van der Waals surface area (Å²) in [7, 11) is -2.14. The molecular weight excluding hydrogens is 264 g/mol. The number of methoxy groups -OCH3 is 1. The van der Waals surface area contributed by atoms with Crippen LogP contribution >= 0.6 is 11.6 Å². The van der Waals surface area contributed by atoms with Crippen LogP contribution in [-0.4, -0.2) is 32.7 Å². The number of nitrogens with zero attached hydrogens (tertiary/aromatic N) is 1. The predicted octanol–water partition coefficient (Wildman–Crippen LogP) is 1.44. The van der Waals surface area contributed by atoms with Gasteiger partial charge in [0.05, 0.1) is 5.60 Å². The molecule has 0 spiro atoms. The van der Waals surface area contributed by atoms with Crippen molar-refractivity contribution in [2.45, 2.75) is 24.3 Å². The molecular formula is C10H15ClN2O3S. The van der Waals surface area contributed by atoms with Crippen LogP contribution in [0.5, 0.6) is 0 Å². The van der Waals surface area contributed by atoms with Gasteiger partial charge in [-0.1, -0.05) is 11.6 Å². The van der Waals surface area contributed by atoms with E-state index in [4.69, 9.17) is 16.3 Å². The van der Waals surface area contributed by atoms with Crippen molar-refractivity contribution >= 4 is 21.6 Å². The maximum absolute atomic E-state index is 11.9. The lowest BCUT2D eigenvalue weighted by molar-refractivity contribution is 0.0276. The number of nitrogens with one attached hydrogen (secondary N) is 1. The Morgan fingerprint density at radius 2 is 2.18 bits per heavy atom. The normalized spacial score (nSPS) is 12.7. The molecule has 17 heavy (non-hydrogen) atoms. The standard InChI is InChI=1S/C10H15ClN2O3S/c1-10(2,16-3)7-13-17(14,15)8-5-4-6-12-9(8)11/h4-6,13H,7H2,1-3H3. The van der Waals surface area contributed by atoms with E-state index in [1.807, 2.05) is 0 Å². The fraction of sp³-hybridized carbons (Fsp3) is 0.500. The number of sulfonamides is 1. The third-order valence-electron chi connectivity index (χ3n) is 2.25. The molecule has 1 aromatic rings. The van der Waals surface area contributed by atoms with E-state index >= 15 is 0 Å². The topological polar surface area (TPSA) is 68.3 Å². The van der Waals surface area contributed by atoms with Gasteiger partial charge in [-0.25, -0.2) is 18.1 Å². The molecule has 0 amide bonds. The number of hydrogen-bond donors (Lipinski definition) is 1. The monoisotopic (exact) mass is 278 g/mol. The predicted molar refractivity (Wildman–Crippen MR) is 65.5 cm³/mol. The van der Waals surface area contributed by atoms with E-state index < -0.39 is 15.6 Å². The SMILES string of the molecule is COC(C)(C)CNS(=O)(=O)c1cccnc1Cl. The average Bonchev–Trinajstić information content (AvgIpc) is 2.27. The van der Waals surface area contributed by atoms with E-state index in [2.05, 4.69) is 9.71 Å². The van der Waals surface area contributed by atoms with Gasteiger partial charge in [-0.3, -0.25) is 0 Å². The summed E-state index contributed by atoms with van der Waals surface area (Å²) in [6, 6.07) is 2.92. The highest BCUT2D eigenvalue weighted by atomic mass is 35.5. The molecule has 0 radical (unpaired) electrons. The van der Waals surface area contributed by atoms with E-state index in [0.717, 1.165) is 0 Å². The number of aromatic nitrogens is 1. The fourth-order valence-corrected chi connectivity index (χ4v) is 2.64. The van der Waals surface area contributed by atoms with Gasteiger partial charge in [0.15, 0.2) is 0 Å². The van der Waals surface area contributed by atoms with Crippen LogP contribution in [0.25, 0.3) is 0 Å². The first-order chi connectivity index (χ1) is 7.78. The smallest absolute Gasteiger partial charge is 0.243 e. The molecule has 0 saturated heterocycles. The number of ether oxygens (including phenoxy) is 1. The maximum atomic E-state index is 11.9. The molecule has 0 bridgehead atoms. The number of halogens is 1. The van der Waals surface area contributed by atoms with Crippen molar-refractivity contribution in [2.75, 3.05) is 13.7 Å². The number of hydrogen-bond acceptors (Lipinski definition) is 4. The zero-order chi connectivity index (χ0) is 13.1. The van der Waals surface area contributed by atoms with Crippen LogP contribution in [0.3, 0.4) is 0 Å². The summed E-state index contributed by atoms with van der Waals surface area (Å²) in [4.78, 5) is 3.69. The summed E-state index contributed by atoms with van der Waals surface area (Å²) in [5, 5.41) is -0.0461. The molecule has 0 aliphatic rings. The molecule has 1 N–H and O–H groups in total. The molecule has 7 heteroatoms. The third-order valence-corrected chi connectivity index (χ3v) is 4.10. The average molecular weight is 279 g/mol. The molecule has 0 atom stereocenters. The van der Waals surface area contributed by atoms with Crippen LogP contribution in [0, 0.1) is 0 Å². The second-order valence-electron chi connectivity index (χ2n) is 4.08. The lowest BCUT2D eigenvalue weighted by atomic mass is 10.1. The lowest BCUT2D eigenvalue weighted by Crippen LogP contribution is -2.39. The zero-order valence-corrected chi connectivity index (χ0v) is 11.5. The minimum absolute atomic E-state index is 0.0337. The Morgan fingerprint density at radius 3 is 2.71 bits per heavy atom. The molecule has 1 rings (SSSR count). The molecule has 96 valence electrons. The minimum atomic E-state index is -3.66. The molecule has 1 heterocycles. The first kappa shape index (κ1) is 14.4. The van der Waals surface area contributed by atoms with Gasteiger partial charge in [0.1, 0.15) is 10.0 Å². The van der Waals surface area contributed by atoms with Crippen LogP contribution < -0.4 is 4.72 Å². The fourth-order valence-electron chi connectivity index (χ4n) is 0.990. The van der Waals surface area contributed by atoms with E-state index in [-0.39, 0.29) is 16.6 Å². The first-order valence-electron chi connectivity index (χ1n) is 4.94. The van der Waals surface area contributed by atoms with Gasteiger partial charge in [0.25, 0.3) is 0 Å². The Bertz CT molecular complexity index is 488. The van der Waals surface area contributed by atoms with Gasteiger partial charge in [0.2, 0.25) is 10.0 Å². The highest BCUT2D eigenvalue weighted by Crippen LogP contribution is 2.18. The van der Waals surface area contributed by atoms with Crippen LogP contribution in [0.4, 0.5) is 0 Å². The van der Waals surface area contributed by atoms with Gasteiger partial charge in [-0.2, -0.15) is 0 Å².